The molecular formula is C25H34ClF2N5O. The van der Waals surface area contributed by atoms with Gasteiger partial charge in [-0.1, -0.05) is 30.3 Å². The van der Waals surface area contributed by atoms with Crippen molar-refractivity contribution in [2.75, 3.05) is 31.1 Å². The zero-order chi connectivity index (χ0) is 23.6. The zero-order valence-corrected chi connectivity index (χ0v) is 20.9. The lowest BCUT2D eigenvalue weighted by Crippen LogP contribution is -2.55. The number of carbonyl (C=O) groups excluding carboxylic acids is 1. The van der Waals surface area contributed by atoms with Crippen molar-refractivity contribution in [3.05, 3.63) is 41.5 Å². The van der Waals surface area contributed by atoms with Crippen LogP contribution in [-0.4, -0.2) is 65.2 Å². The Morgan fingerprint density at radius 2 is 1.76 bits per heavy atom. The first-order chi connectivity index (χ1) is 15.7. The number of nitrogens with one attached hydrogen (secondary N) is 1. The summed E-state index contributed by atoms with van der Waals surface area (Å²) in [6.45, 7) is 8.81. The number of aromatic nitrogens is 2. The van der Waals surface area contributed by atoms with Gasteiger partial charge in [-0.05, 0) is 44.7 Å². The van der Waals surface area contributed by atoms with E-state index < -0.39 is 5.92 Å². The lowest BCUT2D eigenvalue weighted by molar-refractivity contribution is -0.124. The van der Waals surface area contributed by atoms with Crippen molar-refractivity contribution in [2.24, 2.45) is 0 Å². The van der Waals surface area contributed by atoms with Crippen LogP contribution in [0.25, 0.3) is 11.3 Å². The molecule has 0 spiro atoms. The molecule has 2 aromatic rings. The Hall–Kier alpha value is -2.32. The van der Waals surface area contributed by atoms with Crippen LogP contribution < -0.4 is 10.2 Å². The molecule has 0 radical (unpaired) electrons. The molecule has 4 rings (SSSR count). The largest absolute Gasteiger partial charge is 0.352 e. The number of piperazine rings is 1. The number of amides is 1. The SMILES string of the molecule is Cc1c(-c2ccccc2)nnc(N2CCN(CC(=O)NC3CCC(F)(F)CC3)[C@@H](C)C2)c1C.Cl. The number of hydrogen-bond donors (Lipinski definition) is 1. The maximum absolute atomic E-state index is 13.3. The molecule has 6 nitrogen and oxygen atoms in total. The first kappa shape index (κ1) is 26.3. The smallest absolute Gasteiger partial charge is 0.248 e. The van der Waals surface area contributed by atoms with Crippen molar-refractivity contribution in [1.82, 2.24) is 20.4 Å². The Kier molecular flexibility index (Phi) is 8.47. The van der Waals surface area contributed by atoms with Crippen LogP contribution in [0.3, 0.4) is 0 Å². The monoisotopic (exact) mass is 493 g/mol. The second-order valence-electron chi connectivity index (χ2n) is 9.45. The molecule has 1 N–H and O–H groups in total. The van der Waals surface area contributed by atoms with Gasteiger partial charge in [0.05, 0.1) is 12.2 Å². The van der Waals surface area contributed by atoms with Crippen molar-refractivity contribution in [3.8, 4) is 11.3 Å². The van der Waals surface area contributed by atoms with Crippen LogP contribution in [0.2, 0.25) is 0 Å². The van der Waals surface area contributed by atoms with Gasteiger partial charge >= 0.3 is 0 Å². The maximum Gasteiger partial charge on any atom is 0.248 e. The average Bonchev–Trinajstić information content (AvgIpc) is 2.79. The standard InChI is InChI=1S/C25H33F2N5O.ClH/c1-17-15-32(24-19(3)18(2)23(29-30-24)20-7-5-4-6-8-20)14-13-31(17)16-22(33)28-21-9-11-25(26,27)12-10-21;/h4-8,17,21H,9-16H2,1-3H3,(H,28,33);1H/t17-;/m0./s1. The van der Waals surface area contributed by atoms with Crippen LogP contribution >= 0.6 is 12.4 Å². The maximum atomic E-state index is 13.3. The molecule has 2 aliphatic rings. The summed E-state index contributed by atoms with van der Waals surface area (Å²) in [5.41, 5.74) is 4.21. The Morgan fingerprint density at radius 3 is 2.41 bits per heavy atom. The van der Waals surface area contributed by atoms with E-state index in [4.69, 9.17) is 0 Å². The summed E-state index contributed by atoms with van der Waals surface area (Å²) >= 11 is 0. The highest BCUT2D eigenvalue weighted by Gasteiger charge is 2.35. The second-order valence-corrected chi connectivity index (χ2v) is 9.45. The molecule has 2 fully saturated rings. The van der Waals surface area contributed by atoms with Gasteiger partial charge in [0, 0.05) is 50.1 Å². The number of anilines is 1. The highest BCUT2D eigenvalue weighted by atomic mass is 35.5. The fourth-order valence-corrected chi connectivity index (χ4v) is 4.83. The summed E-state index contributed by atoms with van der Waals surface area (Å²) < 4.78 is 26.7. The zero-order valence-electron chi connectivity index (χ0n) is 20.1. The fourth-order valence-electron chi connectivity index (χ4n) is 4.83. The highest BCUT2D eigenvalue weighted by Crippen LogP contribution is 2.33. The topological polar surface area (TPSA) is 61.4 Å². The molecule has 186 valence electrons. The van der Waals surface area contributed by atoms with Gasteiger partial charge in [0.2, 0.25) is 11.8 Å². The molecule has 0 unspecified atom stereocenters. The van der Waals surface area contributed by atoms with Gasteiger partial charge in [-0.2, -0.15) is 0 Å². The third-order valence-electron chi connectivity index (χ3n) is 7.04. The molecule has 1 aromatic heterocycles. The third kappa shape index (κ3) is 6.02. The van der Waals surface area contributed by atoms with E-state index >= 15 is 0 Å². The predicted octanol–water partition coefficient (Wildman–Crippen LogP) is 4.39. The van der Waals surface area contributed by atoms with Gasteiger partial charge in [-0.15, -0.1) is 22.6 Å². The minimum absolute atomic E-state index is 0. The van der Waals surface area contributed by atoms with E-state index in [1.165, 1.54) is 0 Å². The lowest BCUT2D eigenvalue weighted by atomic mass is 9.92. The van der Waals surface area contributed by atoms with E-state index in [2.05, 4.69) is 46.1 Å². The molecule has 1 amide bonds. The van der Waals surface area contributed by atoms with E-state index in [1.54, 1.807) is 0 Å². The molecule has 1 aliphatic heterocycles. The van der Waals surface area contributed by atoms with Gasteiger partial charge in [0.1, 0.15) is 0 Å². The van der Waals surface area contributed by atoms with E-state index in [0.717, 1.165) is 47.8 Å². The Labute approximate surface area is 206 Å². The van der Waals surface area contributed by atoms with Gasteiger partial charge in [-0.25, -0.2) is 8.78 Å². The summed E-state index contributed by atoms with van der Waals surface area (Å²) in [4.78, 5) is 16.9. The van der Waals surface area contributed by atoms with Crippen molar-refractivity contribution in [1.29, 1.82) is 0 Å². The van der Waals surface area contributed by atoms with Crippen molar-refractivity contribution >= 4 is 24.1 Å². The lowest BCUT2D eigenvalue weighted by Gasteiger charge is -2.40. The van der Waals surface area contributed by atoms with E-state index in [9.17, 15) is 13.6 Å². The minimum atomic E-state index is -2.58. The second kappa shape index (κ2) is 11.0. The van der Waals surface area contributed by atoms with Gasteiger partial charge in [0.25, 0.3) is 0 Å². The minimum Gasteiger partial charge on any atom is -0.352 e. The van der Waals surface area contributed by atoms with Crippen LogP contribution in [0.5, 0.6) is 0 Å². The molecule has 9 heteroatoms. The molecule has 1 saturated heterocycles. The first-order valence-corrected chi connectivity index (χ1v) is 11.8. The molecule has 1 aliphatic carbocycles. The highest BCUT2D eigenvalue weighted by molar-refractivity contribution is 5.85. The Balaban J connectivity index is 0.00000324. The Morgan fingerprint density at radius 1 is 1.09 bits per heavy atom. The van der Waals surface area contributed by atoms with Crippen molar-refractivity contribution < 1.29 is 13.6 Å². The van der Waals surface area contributed by atoms with Crippen LogP contribution in [0.15, 0.2) is 30.3 Å². The summed E-state index contributed by atoms with van der Waals surface area (Å²) in [6.07, 6.45) is 0.405. The summed E-state index contributed by atoms with van der Waals surface area (Å²) in [5.74, 6) is -1.76. The molecule has 1 aromatic carbocycles. The predicted molar refractivity (Wildman–Crippen MR) is 133 cm³/mol. The molecule has 1 atom stereocenters. The number of hydrogen-bond acceptors (Lipinski definition) is 5. The number of halogens is 3. The average molecular weight is 494 g/mol. The number of nitrogens with zero attached hydrogens (tertiary/aromatic N) is 4. The van der Waals surface area contributed by atoms with Crippen LogP contribution in [0.4, 0.5) is 14.6 Å². The number of alkyl halides is 2. The van der Waals surface area contributed by atoms with Gasteiger partial charge < -0.3 is 10.2 Å². The number of benzene rings is 1. The van der Waals surface area contributed by atoms with Crippen LogP contribution in [0.1, 0.15) is 43.7 Å². The number of rotatable bonds is 5. The summed E-state index contributed by atoms with van der Waals surface area (Å²) in [6, 6.07) is 10.1. The summed E-state index contributed by atoms with van der Waals surface area (Å²) in [5, 5.41) is 12.1. The Bertz CT molecular complexity index is 981. The molecule has 2 heterocycles. The van der Waals surface area contributed by atoms with Crippen molar-refractivity contribution in [3.63, 3.8) is 0 Å². The molecule has 1 saturated carbocycles. The van der Waals surface area contributed by atoms with Crippen LogP contribution in [0, 0.1) is 13.8 Å². The van der Waals surface area contributed by atoms with E-state index in [0.29, 0.717) is 19.4 Å². The van der Waals surface area contributed by atoms with Crippen molar-refractivity contribution in [2.45, 2.75) is 64.5 Å². The normalized spacial score (nSPS) is 21.1. The van der Waals surface area contributed by atoms with Gasteiger partial charge in [-0.3, -0.25) is 9.69 Å². The number of carbonyl (C=O) groups is 1. The van der Waals surface area contributed by atoms with E-state index in [1.807, 2.05) is 30.3 Å². The third-order valence-corrected chi connectivity index (χ3v) is 7.04. The van der Waals surface area contributed by atoms with Crippen LogP contribution in [-0.2, 0) is 4.79 Å². The quantitative estimate of drug-likeness (QED) is 0.669. The molecule has 0 bridgehead atoms. The van der Waals surface area contributed by atoms with Gasteiger partial charge in [0.15, 0.2) is 5.82 Å². The molecule has 34 heavy (non-hydrogen) atoms. The fraction of sp³-hybridized carbons (Fsp3) is 0.560. The molecular weight excluding hydrogens is 460 g/mol. The summed E-state index contributed by atoms with van der Waals surface area (Å²) in [7, 11) is 0. The first-order valence-electron chi connectivity index (χ1n) is 11.8. The van der Waals surface area contributed by atoms with E-state index in [-0.39, 0.29) is 43.2 Å².